The van der Waals surface area contributed by atoms with E-state index in [0.717, 1.165) is 0 Å². The molecule has 1 aromatic carbocycles. The number of nitrogens with one attached hydrogen (secondary N) is 1. The molecule has 3 aromatic rings. The molecule has 2 aromatic heterocycles. The standard InChI is InChI=1S/C18H19N5O4S/c1-28-7-11-13(24)14(25)18(27-11)23-9-21-12-15(19-8-20-16(12)23)22-17(26)10-5-3-2-4-6-10/h2-6,8-9,11,13-14,18,24-25H,7H2,1H3,(H,19,20,22,26)/t11-,13-,14-,18-/m1/s1. The van der Waals surface area contributed by atoms with E-state index in [1.54, 1.807) is 28.8 Å². The molecule has 4 rings (SSSR count). The number of aliphatic hydroxyl groups is 2. The van der Waals surface area contributed by atoms with Gasteiger partial charge in [0.05, 0.1) is 12.4 Å². The summed E-state index contributed by atoms with van der Waals surface area (Å²) in [5, 5.41) is 23.4. The first kappa shape index (κ1) is 18.8. The van der Waals surface area contributed by atoms with Crippen molar-refractivity contribution in [3.63, 3.8) is 0 Å². The van der Waals surface area contributed by atoms with Crippen molar-refractivity contribution in [1.82, 2.24) is 19.5 Å². The number of benzene rings is 1. The summed E-state index contributed by atoms with van der Waals surface area (Å²) in [6, 6.07) is 8.76. The van der Waals surface area contributed by atoms with Gasteiger partial charge in [0.1, 0.15) is 18.5 Å². The Hall–Kier alpha value is -2.53. The second-order valence-corrected chi connectivity index (χ2v) is 7.28. The van der Waals surface area contributed by atoms with E-state index >= 15 is 0 Å². The molecular formula is C18H19N5O4S. The van der Waals surface area contributed by atoms with Crippen molar-refractivity contribution in [1.29, 1.82) is 0 Å². The first-order valence-electron chi connectivity index (χ1n) is 8.64. The number of nitrogens with zero attached hydrogens (tertiary/aromatic N) is 4. The lowest BCUT2D eigenvalue weighted by Gasteiger charge is -2.16. The van der Waals surface area contributed by atoms with Gasteiger partial charge in [-0.1, -0.05) is 18.2 Å². The molecule has 0 saturated carbocycles. The first-order chi connectivity index (χ1) is 13.6. The number of carbonyl (C=O) groups excluding carboxylic acids is 1. The molecule has 28 heavy (non-hydrogen) atoms. The Balaban J connectivity index is 1.63. The third-order valence-electron chi connectivity index (χ3n) is 4.57. The van der Waals surface area contributed by atoms with Gasteiger partial charge in [0.2, 0.25) is 0 Å². The molecule has 0 spiro atoms. The predicted molar refractivity (Wildman–Crippen MR) is 104 cm³/mol. The van der Waals surface area contributed by atoms with Crippen LogP contribution in [-0.2, 0) is 4.74 Å². The summed E-state index contributed by atoms with van der Waals surface area (Å²) >= 11 is 1.52. The van der Waals surface area contributed by atoms with Crippen LogP contribution in [-0.4, -0.2) is 66.0 Å². The third kappa shape index (κ3) is 3.35. The summed E-state index contributed by atoms with van der Waals surface area (Å²) in [6.45, 7) is 0. The summed E-state index contributed by atoms with van der Waals surface area (Å²) in [4.78, 5) is 25.0. The van der Waals surface area contributed by atoms with Crippen LogP contribution in [0.15, 0.2) is 43.0 Å². The van der Waals surface area contributed by atoms with Crippen molar-refractivity contribution in [2.24, 2.45) is 0 Å². The molecule has 10 heteroatoms. The van der Waals surface area contributed by atoms with E-state index in [1.807, 2.05) is 12.3 Å². The SMILES string of the molecule is CSC[C@H]1O[C@@H](n2cnc3c(NC(=O)c4ccccc4)ncnc32)[C@H](O)[C@@H]1O. The van der Waals surface area contributed by atoms with Gasteiger partial charge in [0.25, 0.3) is 5.91 Å². The van der Waals surface area contributed by atoms with Gasteiger partial charge >= 0.3 is 0 Å². The third-order valence-corrected chi connectivity index (χ3v) is 5.23. The van der Waals surface area contributed by atoms with Crippen LogP contribution in [0.5, 0.6) is 0 Å². The number of rotatable bonds is 5. The molecule has 1 amide bonds. The van der Waals surface area contributed by atoms with Crippen LogP contribution in [0.2, 0.25) is 0 Å². The molecule has 0 aliphatic carbocycles. The van der Waals surface area contributed by atoms with E-state index in [0.29, 0.717) is 22.5 Å². The fourth-order valence-electron chi connectivity index (χ4n) is 3.16. The minimum Gasteiger partial charge on any atom is -0.387 e. The summed E-state index contributed by atoms with van der Waals surface area (Å²) in [5.41, 5.74) is 1.25. The van der Waals surface area contributed by atoms with E-state index in [4.69, 9.17) is 4.74 Å². The molecule has 9 nitrogen and oxygen atoms in total. The Kier molecular flexibility index (Phi) is 5.27. The van der Waals surface area contributed by atoms with Crippen molar-refractivity contribution in [2.45, 2.75) is 24.5 Å². The molecule has 1 aliphatic rings. The van der Waals surface area contributed by atoms with E-state index in [9.17, 15) is 15.0 Å². The smallest absolute Gasteiger partial charge is 0.256 e. The number of ether oxygens (including phenoxy) is 1. The van der Waals surface area contributed by atoms with Crippen molar-refractivity contribution in [3.05, 3.63) is 48.5 Å². The van der Waals surface area contributed by atoms with E-state index < -0.39 is 24.5 Å². The predicted octanol–water partition coefficient (Wildman–Crippen LogP) is 1.06. The van der Waals surface area contributed by atoms with Crippen molar-refractivity contribution in [3.8, 4) is 0 Å². The lowest BCUT2D eigenvalue weighted by molar-refractivity contribution is -0.0288. The second-order valence-electron chi connectivity index (χ2n) is 6.37. The summed E-state index contributed by atoms with van der Waals surface area (Å²) in [6.07, 6.45) is 1.21. The molecule has 146 valence electrons. The lowest BCUT2D eigenvalue weighted by Crippen LogP contribution is -2.32. The maximum atomic E-state index is 12.4. The number of hydrogen-bond donors (Lipinski definition) is 3. The number of hydrogen-bond acceptors (Lipinski definition) is 8. The zero-order chi connectivity index (χ0) is 19.7. The zero-order valence-corrected chi connectivity index (χ0v) is 15.8. The van der Waals surface area contributed by atoms with E-state index in [-0.39, 0.29) is 11.7 Å². The van der Waals surface area contributed by atoms with Gasteiger partial charge in [-0.05, 0) is 18.4 Å². The Morgan fingerprint density at radius 1 is 1.21 bits per heavy atom. The maximum Gasteiger partial charge on any atom is 0.256 e. The Morgan fingerprint density at radius 3 is 2.75 bits per heavy atom. The Labute approximate surface area is 164 Å². The number of carbonyl (C=O) groups is 1. The first-order valence-corrected chi connectivity index (χ1v) is 10.0. The minimum atomic E-state index is -1.12. The van der Waals surface area contributed by atoms with Crippen LogP contribution < -0.4 is 5.32 Å². The molecule has 0 radical (unpaired) electrons. The molecular weight excluding hydrogens is 382 g/mol. The number of anilines is 1. The molecule has 1 fully saturated rings. The van der Waals surface area contributed by atoms with Gasteiger partial charge < -0.3 is 20.3 Å². The van der Waals surface area contributed by atoms with Gasteiger partial charge in [-0.2, -0.15) is 11.8 Å². The number of aliphatic hydroxyl groups excluding tert-OH is 2. The molecule has 1 saturated heterocycles. The molecule has 0 unspecified atom stereocenters. The molecule has 3 heterocycles. The van der Waals surface area contributed by atoms with Crippen molar-refractivity contribution < 1.29 is 19.7 Å². The Morgan fingerprint density at radius 2 is 2.00 bits per heavy atom. The molecule has 4 atom stereocenters. The summed E-state index contributed by atoms with van der Waals surface area (Å²) in [7, 11) is 0. The van der Waals surface area contributed by atoms with E-state index in [1.165, 1.54) is 24.4 Å². The summed E-state index contributed by atoms with van der Waals surface area (Å²) < 4.78 is 7.37. The topological polar surface area (TPSA) is 122 Å². The van der Waals surface area contributed by atoms with Crippen LogP contribution in [0.3, 0.4) is 0 Å². The Bertz CT molecular complexity index is 983. The van der Waals surface area contributed by atoms with Gasteiger partial charge in [0, 0.05) is 11.3 Å². The van der Waals surface area contributed by atoms with Gasteiger partial charge in [-0.25, -0.2) is 15.0 Å². The molecule has 1 aliphatic heterocycles. The number of thioether (sulfide) groups is 1. The number of fused-ring (bicyclic) bond motifs is 1. The number of aromatic nitrogens is 4. The van der Waals surface area contributed by atoms with Crippen LogP contribution in [0.4, 0.5) is 5.82 Å². The lowest BCUT2D eigenvalue weighted by atomic mass is 10.1. The quantitative estimate of drug-likeness (QED) is 0.580. The van der Waals surface area contributed by atoms with Crippen LogP contribution in [0.25, 0.3) is 11.2 Å². The highest BCUT2D eigenvalue weighted by molar-refractivity contribution is 7.98. The summed E-state index contributed by atoms with van der Waals surface area (Å²) in [5.74, 6) is 0.489. The average Bonchev–Trinajstić information content (AvgIpc) is 3.26. The van der Waals surface area contributed by atoms with Gasteiger partial charge in [-0.3, -0.25) is 9.36 Å². The highest BCUT2D eigenvalue weighted by atomic mass is 32.2. The van der Waals surface area contributed by atoms with Crippen molar-refractivity contribution >= 4 is 34.7 Å². The fraction of sp³-hybridized carbons (Fsp3) is 0.333. The maximum absolute atomic E-state index is 12.4. The zero-order valence-electron chi connectivity index (χ0n) is 15.0. The van der Waals surface area contributed by atoms with Gasteiger partial charge in [-0.15, -0.1) is 0 Å². The highest BCUT2D eigenvalue weighted by Crippen LogP contribution is 2.33. The number of amides is 1. The monoisotopic (exact) mass is 401 g/mol. The fourth-order valence-corrected chi connectivity index (χ4v) is 3.76. The average molecular weight is 401 g/mol. The largest absolute Gasteiger partial charge is 0.387 e. The van der Waals surface area contributed by atoms with Crippen LogP contribution in [0.1, 0.15) is 16.6 Å². The normalized spacial score (nSPS) is 24.5. The van der Waals surface area contributed by atoms with Gasteiger partial charge in [0.15, 0.2) is 23.2 Å². The highest BCUT2D eigenvalue weighted by Gasteiger charge is 2.44. The van der Waals surface area contributed by atoms with Crippen LogP contribution >= 0.6 is 11.8 Å². The van der Waals surface area contributed by atoms with E-state index in [2.05, 4.69) is 20.3 Å². The second kappa shape index (κ2) is 7.84. The van der Waals surface area contributed by atoms with Crippen LogP contribution in [0, 0.1) is 0 Å². The van der Waals surface area contributed by atoms with Crippen molar-refractivity contribution in [2.75, 3.05) is 17.3 Å². The number of imidazole rings is 1. The molecule has 3 N–H and O–H groups in total. The molecule has 0 bridgehead atoms. The minimum absolute atomic E-state index is 0.256.